The third-order valence-corrected chi connectivity index (χ3v) is 2.84. The molecule has 1 unspecified atom stereocenters. The summed E-state index contributed by atoms with van der Waals surface area (Å²) in [5.41, 5.74) is -0.486. The maximum atomic E-state index is 11.1. The zero-order valence-corrected chi connectivity index (χ0v) is 11.8. The molecule has 0 aliphatic carbocycles. The van der Waals surface area contributed by atoms with Crippen molar-refractivity contribution in [3.8, 4) is 11.5 Å². The van der Waals surface area contributed by atoms with Crippen molar-refractivity contribution in [1.82, 2.24) is 0 Å². The Balaban J connectivity index is 3.48. The topological polar surface area (TPSA) is 81.8 Å². The lowest BCUT2D eigenvalue weighted by Gasteiger charge is -2.26. The maximum absolute atomic E-state index is 11.1. The van der Waals surface area contributed by atoms with Gasteiger partial charge in [-0.05, 0) is 11.5 Å². The lowest BCUT2D eigenvalue weighted by molar-refractivity contribution is -0.386. The van der Waals surface area contributed by atoms with Crippen LogP contribution in [0.4, 0.5) is 5.69 Å². The molecule has 106 valence electrons. The standard InChI is InChI=1S/C13H19NO5/c1-13(2,3)12(15)8-6-10(18-4)11(19-5)7-9(8)14(16)17/h6-7,12,15H,1-5H3. The Kier molecular flexibility index (Phi) is 4.36. The van der Waals surface area contributed by atoms with Crippen LogP contribution in [0.15, 0.2) is 12.1 Å². The van der Waals surface area contributed by atoms with Gasteiger partial charge in [0.25, 0.3) is 5.69 Å². The van der Waals surface area contributed by atoms with Crippen LogP contribution >= 0.6 is 0 Å². The fourth-order valence-corrected chi connectivity index (χ4v) is 1.73. The van der Waals surface area contributed by atoms with Crippen molar-refractivity contribution in [2.75, 3.05) is 14.2 Å². The fourth-order valence-electron chi connectivity index (χ4n) is 1.73. The number of rotatable bonds is 4. The van der Waals surface area contributed by atoms with Crippen molar-refractivity contribution in [3.63, 3.8) is 0 Å². The number of ether oxygens (including phenoxy) is 2. The molecule has 6 nitrogen and oxygen atoms in total. The molecule has 1 rings (SSSR count). The van der Waals surface area contributed by atoms with Gasteiger partial charge in [0.2, 0.25) is 0 Å². The van der Waals surface area contributed by atoms with Gasteiger partial charge in [-0.15, -0.1) is 0 Å². The first-order valence-electron chi connectivity index (χ1n) is 5.80. The quantitative estimate of drug-likeness (QED) is 0.671. The van der Waals surface area contributed by atoms with Crippen LogP contribution in [0.5, 0.6) is 11.5 Å². The van der Waals surface area contributed by atoms with Gasteiger partial charge in [-0.2, -0.15) is 0 Å². The van der Waals surface area contributed by atoms with Crippen LogP contribution in [0, 0.1) is 15.5 Å². The van der Waals surface area contributed by atoms with Crippen molar-refractivity contribution in [3.05, 3.63) is 27.8 Å². The second-order valence-electron chi connectivity index (χ2n) is 5.29. The summed E-state index contributed by atoms with van der Waals surface area (Å²) >= 11 is 0. The number of nitro benzene ring substituents is 1. The second-order valence-corrected chi connectivity index (χ2v) is 5.29. The van der Waals surface area contributed by atoms with Gasteiger partial charge in [-0.25, -0.2) is 0 Å². The van der Waals surface area contributed by atoms with E-state index in [4.69, 9.17) is 9.47 Å². The summed E-state index contributed by atoms with van der Waals surface area (Å²) in [5, 5.41) is 21.4. The Morgan fingerprint density at radius 3 is 2.05 bits per heavy atom. The summed E-state index contributed by atoms with van der Waals surface area (Å²) in [5.74, 6) is 0.616. The molecule has 19 heavy (non-hydrogen) atoms. The van der Waals surface area contributed by atoms with Crippen LogP contribution in [-0.4, -0.2) is 24.2 Å². The number of methoxy groups -OCH3 is 2. The lowest BCUT2D eigenvalue weighted by atomic mass is 9.84. The van der Waals surface area contributed by atoms with Crippen LogP contribution in [0.25, 0.3) is 0 Å². The van der Waals surface area contributed by atoms with Gasteiger partial charge in [0.05, 0.1) is 36.9 Å². The van der Waals surface area contributed by atoms with E-state index >= 15 is 0 Å². The summed E-state index contributed by atoms with van der Waals surface area (Å²) in [4.78, 5) is 10.6. The van der Waals surface area contributed by atoms with Gasteiger partial charge >= 0.3 is 0 Å². The van der Waals surface area contributed by atoms with Crippen molar-refractivity contribution in [2.24, 2.45) is 5.41 Å². The number of nitrogens with zero attached hydrogens (tertiary/aromatic N) is 1. The highest BCUT2D eigenvalue weighted by Gasteiger charge is 2.31. The third kappa shape index (κ3) is 3.14. The van der Waals surface area contributed by atoms with Gasteiger partial charge in [0, 0.05) is 0 Å². The molecule has 0 aliphatic heterocycles. The lowest BCUT2D eigenvalue weighted by Crippen LogP contribution is -2.19. The van der Waals surface area contributed by atoms with Crippen LogP contribution in [0.3, 0.4) is 0 Å². The molecule has 1 aromatic carbocycles. The molecule has 0 aromatic heterocycles. The number of benzene rings is 1. The van der Waals surface area contributed by atoms with E-state index in [1.54, 1.807) is 20.8 Å². The molecule has 1 N–H and O–H groups in total. The minimum Gasteiger partial charge on any atom is -0.493 e. The van der Waals surface area contributed by atoms with Crippen LogP contribution in [-0.2, 0) is 0 Å². The van der Waals surface area contributed by atoms with E-state index < -0.39 is 16.4 Å². The van der Waals surface area contributed by atoms with Crippen LogP contribution in [0.2, 0.25) is 0 Å². The first-order valence-corrected chi connectivity index (χ1v) is 5.80. The first-order chi connectivity index (χ1) is 8.72. The predicted molar refractivity (Wildman–Crippen MR) is 70.6 cm³/mol. The molecule has 0 amide bonds. The second kappa shape index (κ2) is 5.44. The molecule has 1 atom stereocenters. The SMILES string of the molecule is COc1cc(C(O)C(C)(C)C)c([N+](=O)[O-])cc1OC. The average Bonchev–Trinajstić information content (AvgIpc) is 2.34. The van der Waals surface area contributed by atoms with Crippen molar-refractivity contribution >= 4 is 5.69 Å². The molecule has 0 fully saturated rings. The molecule has 0 aliphatic rings. The molecule has 1 aromatic rings. The van der Waals surface area contributed by atoms with Crippen molar-refractivity contribution in [1.29, 1.82) is 0 Å². The van der Waals surface area contributed by atoms with E-state index in [9.17, 15) is 15.2 Å². The highest BCUT2D eigenvalue weighted by Crippen LogP contribution is 2.42. The minimum absolute atomic E-state index is 0.180. The molecule has 6 heteroatoms. The zero-order valence-electron chi connectivity index (χ0n) is 11.8. The third-order valence-electron chi connectivity index (χ3n) is 2.84. The van der Waals surface area contributed by atoms with E-state index in [1.165, 1.54) is 26.4 Å². The summed E-state index contributed by atoms with van der Waals surface area (Å²) in [6.07, 6.45) is -0.979. The van der Waals surface area contributed by atoms with Gasteiger partial charge in [0.15, 0.2) is 11.5 Å². The number of aliphatic hydroxyl groups is 1. The Bertz CT molecular complexity index is 479. The molecule has 0 bridgehead atoms. The summed E-state index contributed by atoms with van der Waals surface area (Å²) in [7, 11) is 2.85. The number of hydrogen-bond acceptors (Lipinski definition) is 5. The van der Waals surface area contributed by atoms with Gasteiger partial charge in [0.1, 0.15) is 0 Å². The average molecular weight is 269 g/mol. The Morgan fingerprint density at radius 2 is 1.68 bits per heavy atom. The molecular weight excluding hydrogens is 250 g/mol. The smallest absolute Gasteiger partial charge is 0.279 e. The Hall–Kier alpha value is -1.82. The number of aliphatic hydroxyl groups excluding tert-OH is 1. The van der Waals surface area contributed by atoms with Gasteiger partial charge in [-0.3, -0.25) is 10.1 Å². The summed E-state index contributed by atoms with van der Waals surface area (Å²) < 4.78 is 10.2. The van der Waals surface area contributed by atoms with E-state index in [1.807, 2.05) is 0 Å². The van der Waals surface area contributed by atoms with Crippen LogP contribution in [0.1, 0.15) is 32.4 Å². The monoisotopic (exact) mass is 269 g/mol. The Labute approximate surface area is 112 Å². The summed E-state index contributed by atoms with van der Waals surface area (Å²) in [6.45, 7) is 5.41. The fraction of sp³-hybridized carbons (Fsp3) is 0.538. The molecular formula is C13H19NO5. The number of hydrogen-bond donors (Lipinski definition) is 1. The van der Waals surface area contributed by atoms with E-state index in [0.717, 1.165) is 0 Å². The zero-order chi connectivity index (χ0) is 14.8. The largest absolute Gasteiger partial charge is 0.493 e. The Morgan fingerprint density at radius 1 is 1.21 bits per heavy atom. The molecule has 0 radical (unpaired) electrons. The van der Waals surface area contributed by atoms with Crippen LogP contribution < -0.4 is 9.47 Å². The highest BCUT2D eigenvalue weighted by atomic mass is 16.6. The van der Waals surface area contributed by atoms with E-state index in [2.05, 4.69) is 0 Å². The van der Waals surface area contributed by atoms with Gasteiger partial charge in [-0.1, -0.05) is 20.8 Å². The van der Waals surface area contributed by atoms with E-state index in [-0.39, 0.29) is 17.0 Å². The first kappa shape index (κ1) is 15.2. The molecule has 0 saturated heterocycles. The maximum Gasteiger partial charge on any atom is 0.279 e. The normalized spacial score (nSPS) is 12.9. The predicted octanol–water partition coefficient (Wildman–Crippen LogP) is 2.69. The van der Waals surface area contributed by atoms with Crippen molar-refractivity contribution < 1.29 is 19.5 Å². The molecule has 0 saturated carbocycles. The van der Waals surface area contributed by atoms with E-state index in [0.29, 0.717) is 5.75 Å². The summed E-state index contributed by atoms with van der Waals surface area (Å²) in [6, 6.07) is 2.72. The van der Waals surface area contributed by atoms with Gasteiger partial charge < -0.3 is 14.6 Å². The molecule has 0 heterocycles. The highest BCUT2D eigenvalue weighted by molar-refractivity contribution is 5.55. The van der Waals surface area contributed by atoms with Crippen molar-refractivity contribution in [2.45, 2.75) is 26.9 Å². The molecule has 0 spiro atoms. The minimum atomic E-state index is -0.979. The number of nitro groups is 1.